The van der Waals surface area contributed by atoms with Crippen molar-refractivity contribution in [2.75, 3.05) is 0 Å². The van der Waals surface area contributed by atoms with E-state index in [9.17, 15) is 0 Å². The predicted octanol–water partition coefficient (Wildman–Crippen LogP) is 6.16. The molecule has 0 nitrogen and oxygen atoms in total. The maximum atomic E-state index is 2.12. The smallest absolute Gasteiger partial charge is 0.214 e. The Labute approximate surface area is 154 Å². The van der Waals surface area contributed by atoms with Gasteiger partial charge in [0.25, 0.3) is 0 Å². The first-order valence-electron chi connectivity index (χ1n) is 7.40. The maximum absolute atomic E-state index is 2.12. The molecule has 0 N–H and O–H groups in total. The molecule has 0 saturated carbocycles. The van der Waals surface area contributed by atoms with Crippen LogP contribution >= 0.6 is 0 Å². The molecule has 4 aromatic carbocycles. The molecule has 0 heterocycles. The van der Waals surface area contributed by atoms with E-state index in [-0.39, 0.29) is 21.7 Å². The number of rotatable bonds is 1. The van der Waals surface area contributed by atoms with Gasteiger partial charge in [-0.15, -0.1) is 0 Å². The molecular weight excluding hydrogens is 312 g/mol. The monoisotopic (exact) mass is 332 g/mol. The van der Waals surface area contributed by atoms with Crippen LogP contribution in [0.3, 0.4) is 0 Å². The minimum atomic E-state index is 0. The van der Waals surface area contributed by atoms with Gasteiger partial charge in [0.1, 0.15) is 0 Å². The number of benzene rings is 2. The van der Waals surface area contributed by atoms with E-state index >= 15 is 0 Å². The fraction of sp³-hybridized carbons (Fsp3) is 0. The average molecular weight is 332 g/mol. The van der Waals surface area contributed by atoms with Gasteiger partial charge in [0, 0.05) is 0 Å². The molecule has 0 atom stereocenters. The minimum Gasteiger partial charge on any atom is -0.214 e. The second kappa shape index (κ2) is 12.4. The molecule has 4 aromatic rings. The Morgan fingerprint density at radius 2 is 0.696 bits per heavy atom. The summed E-state index contributed by atoms with van der Waals surface area (Å²) in [5.41, 5.74) is 2.55. The van der Waals surface area contributed by atoms with E-state index < -0.39 is 0 Å². The van der Waals surface area contributed by atoms with Crippen molar-refractivity contribution in [3.8, 4) is 11.1 Å². The molecule has 0 radical (unpaired) electrons. The molecule has 0 aromatic heterocycles. The van der Waals surface area contributed by atoms with E-state index in [4.69, 9.17) is 0 Å². The van der Waals surface area contributed by atoms with Crippen LogP contribution in [0.25, 0.3) is 11.1 Å². The second-order valence-electron chi connectivity index (χ2n) is 4.66. The van der Waals surface area contributed by atoms with Crippen molar-refractivity contribution in [2.45, 2.75) is 0 Å². The van der Waals surface area contributed by atoms with Crippen LogP contribution in [0.4, 0.5) is 0 Å². The summed E-state index contributed by atoms with van der Waals surface area (Å²) in [5.74, 6) is 0. The maximum Gasteiger partial charge on any atom is 2.00 e. The van der Waals surface area contributed by atoms with Crippen LogP contribution in [0.5, 0.6) is 0 Å². The molecule has 0 aliphatic heterocycles. The zero-order valence-corrected chi connectivity index (χ0v) is 14.6. The van der Waals surface area contributed by atoms with Crippen molar-refractivity contribution < 1.29 is 21.7 Å². The van der Waals surface area contributed by atoms with E-state index in [1.165, 1.54) is 11.1 Å². The van der Waals surface area contributed by atoms with Crippen LogP contribution in [0.2, 0.25) is 0 Å². The quantitative estimate of drug-likeness (QED) is 0.289. The van der Waals surface area contributed by atoms with Crippen molar-refractivity contribution in [1.29, 1.82) is 0 Å². The summed E-state index contributed by atoms with van der Waals surface area (Å²) in [6.07, 6.45) is 0. The molecule has 0 saturated heterocycles. The Hall–Kier alpha value is -2.15. The number of hydrogen-bond acceptors (Lipinski definition) is 0. The van der Waals surface area contributed by atoms with Gasteiger partial charge in [0.05, 0.1) is 0 Å². The van der Waals surface area contributed by atoms with Gasteiger partial charge in [0.2, 0.25) is 0 Å². The first-order valence-corrected chi connectivity index (χ1v) is 7.40. The fourth-order valence-electron chi connectivity index (χ4n) is 1.90. The molecule has 4 rings (SSSR count). The Kier molecular flexibility index (Phi) is 10.2. The van der Waals surface area contributed by atoms with Crippen LogP contribution in [0, 0.1) is 0 Å². The molecule has 0 amide bonds. The Morgan fingerprint density at radius 1 is 0.391 bits per heavy atom. The third kappa shape index (κ3) is 8.16. The van der Waals surface area contributed by atoms with Crippen molar-refractivity contribution in [1.82, 2.24) is 0 Å². The number of hydrogen-bond donors (Lipinski definition) is 0. The third-order valence-corrected chi connectivity index (χ3v) is 2.99. The summed E-state index contributed by atoms with van der Waals surface area (Å²) in [4.78, 5) is 0. The van der Waals surface area contributed by atoms with Crippen LogP contribution < -0.4 is 0 Å². The first kappa shape index (κ1) is 18.9. The van der Waals surface area contributed by atoms with E-state index in [0.29, 0.717) is 0 Å². The van der Waals surface area contributed by atoms with Crippen molar-refractivity contribution in [3.63, 3.8) is 0 Å². The van der Waals surface area contributed by atoms with Crippen LogP contribution in [0.1, 0.15) is 0 Å². The Bertz CT molecular complexity index is 567. The van der Waals surface area contributed by atoms with Crippen molar-refractivity contribution >= 4 is 0 Å². The molecule has 0 spiro atoms. The summed E-state index contributed by atoms with van der Waals surface area (Å²) in [6.45, 7) is 0. The van der Waals surface area contributed by atoms with E-state index in [1.807, 2.05) is 72.8 Å². The van der Waals surface area contributed by atoms with Crippen LogP contribution in [-0.2, 0) is 21.7 Å². The largest absolute Gasteiger partial charge is 2.00 e. The average Bonchev–Trinajstić information content (AvgIpc) is 3.34. The van der Waals surface area contributed by atoms with Gasteiger partial charge in [-0.1, -0.05) is 60.7 Å². The molecule has 0 unspecified atom stereocenters. The fourth-order valence-corrected chi connectivity index (χ4v) is 1.90. The summed E-state index contributed by atoms with van der Waals surface area (Å²) in [6, 6.07) is 40.8. The van der Waals surface area contributed by atoms with Crippen molar-refractivity contribution in [2.24, 2.45) is 0 Å². The second-order valence-corrected chi connectivity index (χ2v) is 4.66. The summed E-state index contributed by atoms with van der Waals surface area (Å²) < 4.78 is 0. The minimum absolute atomic E-state index is 0. The Balaban J connectivity index is 0.000000200. The van der Waals surface area contributed by atoms with Crippen LogP contribution in [0.15, 0.2) is 121 Å². The SMILES string of the molecule is [Ti+2].c1cc[cH-]c1.c1cc[cH-]c1.c1ccc(-c2ccccc2)cc1. The molecule has 0 bridgehead atoms. The van der Waals surface area contributed by atoms with Crippen LogP contribution in [-0.4, -0.2) is 0 Å². The zero-order valence-electron chi connectivity index (χ0n) is 13.0. The predicted molar refractivity (Wildman–Crippen MR) is 95.9 cm³/mol. The van der Waals surface area contributed by atoms with Gasteiger partial charge in [-0.25, -0.2) is 24.3 Å². The van der Waals surface area contributed by atoms with Gasteiger partial charge >= 0.3 is 21.7 Å². The van der Waals surface area contributed by atoms with Crippen molar-refractivity contribution in [3.05, 3.63) is 121 Å². The van der Waals surface area contributed by atoms with E-state index in [0.717, 1.165) is 0 Å². The topological polar surface area (TPSA) is 0 Å². The summed E-state index contributed by atoms with van der Waals surface area (Å²) >= 11 is 0. The van der Waals surface area contributed by atoms with Gasteiger partial charge in [-0.3, -0.25) is 0 Å². The summed E-state index contributed by atoms with van der Waals surface area (Å²) in [5, 5.41) is 0. The Morgan fingerprint density at radius 3 is 0.913 bits per heavy atom. The molecule has 23 heavy (non-hydrogen) atoms. The molecule has 112 valence electrons. The van der Waals surface area contributed by atoms with Gasteiger partial charge in [-0.05, 0) is 11.1 Å². The zero-order chi connectivity index (χ0) is 15.3. The molecule has 0 fully saturated rings. The van der Waals surface area contributed by atoms with E-state index in [2.05, 4.69) is 48.5 Å². The molecular formula is C22H20Ti. The molecule has 0 aliphatic carbocycles. The standard InChI is InChI=1S/C12H10.2C5H5.Ti/c1-3-7-11(8-4-1)12-9-5-2-6-10-12;2*1-2-4-5-3-1;/h1-10H;2*1-5H;/q;2*-1;+2. The third-order valence-electron chi connectivity index (χ3n) is 2.99. The van der Waals surface area contributed by atoms with Gasteiger partial charge in [-0.2, -0.15) is 36.4 Å². The van der Waals surface area contributed by atoms with Gasteiger partial charge in [0.15, 0.2) is 0 Å². The normalized spacial score (nSPS) is 8.52. The molecule has 1 heteroatoms. The first-order chi connectivity index (χ1) is 11.0. The molecule has 0 aliphatic rings. The van der Waals surface area contributed by atoms with Gasteiger partial charge < -0.3 is 0 Å². The summed E-state index contributed by atoms with van der Waals surface area (Å²) in [7, 11) is 0. The van der Waals surface area contributed by atoms with E-state index in [1.54, 1.807) is 0 Å².